The monoisotopic (exact) mass is 317 g/mol. The molecule has 0 aliphatic heterocycles. The summed E-state index contributed by atoms with van der Waals surface area (Å²) in [6.07, 6.45) is 1.54. The van der Waals surface area contributed by atoms with Crippen molar-refractivity contribution in [1.29, 1.82) is 5.26 Å². The number of nitriles is 1. The van der Waals surface area contributed by atoms with Gasteiger partial charge in [0, 0.05) is 17.0 Å². The summed E-state index contributed by atoms with van der Waals surface area (Å²) in [6.45, 7) is 0. The van der Waals surface area contributed by atoms with Gasteiger partial charge >= 0.3 is 0 Å². The van der Waals surface area contributed by atoms with E-state index in [1.54, 1.807) is 30.5 Å². The molecule has 21 heavy (non-hydrogen) atoms. The summed E-state index contributed by atoms with van der Waals surface area (Å²) in [7, 11) is 0. The molecule has 1 heterocycles. The number of nitrogens with one attached hydrogen (secondary N) is 1. The first kappa shape index (κ1) is 15.4. The fraction of sp³-hybridized carbons (Fsp3) is 0.133. The van der Waals surface area contributed by atoms with Gasteiger partial charge in [0.1, 0.15) is 5.82 Å². The molecule has 0 radical (unpaired) electrons. The van der Waals surface area contributed by atoms with Crippen molar-refractivity contribution in [2.24, 2.45) is 0 Å². The van der Waals surface area contributed by atoms with Crippen molar-refractivity contribution in [3.8, 4) is 6.07 Å². The minimum Gasteiger partial charge on any atom is -0.310 e. The van der Waals surface area contributed by atoms with Gasteiger partial charge in [-0.3, -0.25) is 4.79 Å². The highest BCUT2D eigenvalue weighted by Crippen LogP contribution is 2.15. The molecule has 2 aromatic rings. The highest BCUT2D eigenvalue weighted by atomic mass is 35.5. The van der Waals surface area contributed by atoms with Gasteiger partial charge in [-0.25, -0.2) is 4.98 Å². The van der Waals surface area contributed by atoms with E-state index in [1.165, 1.54) is 11.8 Å². The molecule has 0 bridgehead atoms. The number of hydrogen-bond acceptors (Lipinski definition) is 4. The van der Waals surface area contributed by atoms with E-state index in [9.17, 15) is 4.79 Å². The Bertz CT molecular complexity index is 667. The number of rotatable bonds is 5. The predicted molar refractivity (Wildman–Crippen MR) is 85.2 cm³/mol. The van der Waals surface area contributed by atoms with Gasteiger partial charge < -0.3 is 5.32 Å². The minimum absolute atomic E-state index is 0.122. The van der Waals surface area contributed by atoms with E-state index in [2.05, 4.69) is 16.4 Å². The van der Waals surface area contributed by atoms with Crippen molar-refractivity contribution in [1.82, 2.24) is 4.98 Å². The summed E-state index contributed by atoms with van der Waals surface area (Å²) in [5, 5.41) is 11.9. The zero-order valence-corrected chi connectivity index (χ0v) is 12.6. The van der Waals surface area contributed by atoms with Crippen LogP contribution in [0.1, 0.15) is 11.1 Å². The van der Waals surface area contributed by atoms with Crippen LogP contribution < -0.4 is 5.32 Å². The lowest BCUT2D eigenvalue weighted by molar-refractivity contribution is -0.113. The predicted octanol–water partition coefficient (Wildman–Crippen LogP) is 3.48. The number of aromatic nitrogens is 1. The second-order valence-electron chi connectivity index (χ2n) is 4.21. The molecule has 4 nitrogen and oxygen atoms in total. The molecule has 0 aliphatic rings. The maximum Gasteiger partial charge on any atom is 0.235 e. The Morgan fingerprint density at radius 1 is 1.33 bits per heavy atom. The zero-order chi connectivity index (χ0) is 15.1. The van der Waals surface area contributed by atoms with Crippen molar-refractivity contribution >= 4 is 35.1 Å². The SMILES string of the molecule is N#Cc1ccc(CSCC(=O)Nc2cc(Cl)ccn2)cc1. The molecule has 1 aromatic heterocycles. The van der Waals surface area contributed by atoms with E-state index in [0.717, 1.165) is 5.56 Å². The largest absolute Gasteiger partial charge is 0.310 e. The van der Waals surface area contributed by atoms with Crippen molar-refractivity contribution in [2.75, 3.05) is 11.1 Å². The van der Waals surface area contributed by atoms with Gasteiger partial charge in [-0.1, -0.05) is 23.7 Å². The van der Waals surface area contributed by atoms with Crippen LogP contribution in [-0.2, 0) is 10.5 Å². The van der Waals surface area contributed by atoms with Crippen LogP contribution in [0.5, 0.6) is 0 Å². The molecule has 1 N–H and O–H groups in total. The Kier molecular flexibility index (Phi) is 5.61. The fourth-order valence-electron chi connectivity index (χ4n) is 1.59. The molecule has 0 atom stereocenters. The lowest BCUT2D eigenvalue weighted by Gasteiger charge is -2.05. The lowest BCUT2D eigenvalue weighted by Crippen LogP contribution is -2.15. The Balaban J connectivity index is 1.77. The Labute approximate surface area is 132 Å². The average molecular weight is 318 g/mol. The summed E-state index contributed by atoms with van der Waals surface area (Å²) in [5.74, 6) is 1.37. The summed E-state index contributed by atoms with van der Waals surface area (Å²) < 4.78 is 0. The summed E-state index contributed by atoms with van der Waals surface area (Å²) >= 11 is 7.31. The molecule has 6 heteroatoms. The third-order valence-corrected chi connectivity index (χ3v) is 3.81. The Morgan fingerprint density at radius 3 is 2.76 bits per heavy atom. The number of carbonyl (C=O) groups excluding carboxylic acids is 1. The minimum atomic E-state index is -0.122. The van der Waals surface area contributed by atoms with E-state index >= 15 is 0 Å². The average Bonchev–Trinajstić information content (AvgIpc) is 2.48. The molecule has 106 valence electrons. The van der Waals surface area contributed by atoms with Gasteiger partial charge in [-0.2, -0.15) is 5.26 Å². The maximum atomic E-state index is 11.8. The molecule has 1 amide bonds. The lowest BCUT2D eigenvalue weighted by atomic mass is 10.2. The third-order valence-electron chi connectivity index (χ3n) is 2.57. The van der Waals surface area contributed by atoms with Crippen LogP contribution in [0.25, 0.3) is 0 Å². The zero-order valence-electron chi connectivity index (χ0n) is 11.0. The van der Waals surface area contributed by atoms with Crippen LogP contribution in [-0.4, -0.2) is 16.6 Å². The molecule has 0 aliphatic carbocycles. The highest BCUT2D eigenvalue weighted by molar-refractivity contribution is 7.99. The number of hydrogen-bond donors (Lipinski definition) is 1. The van der Waals surface area contributed by atoms with Crippen molar-refractivity contribution in [3.63, 3.8) is 0 Å². The van der Waals surface area contributed by atoms with Crippen molar-refractivity contribution < 1.29 is 4.79 Å². The van der Waals surface area contributed by atoms with Gasteiger partial charge in [0.2, 0.25) is 5.91 Å². The number of halogens is 1. The number of pyridine rings is 1. The fourth-order valence-corrected chi connectivity index (χ4v) is 2.54. The van der Waals surface area contributed by atoms with Gasteiger partial charge in [-0.15, -0.1) is 11.8 Å². The normalized spacial score (nSPS) is 9.90. The molecular weight excluding hydrogens is 306 g/mol. The van der Waals surface area contributed by atoms with Crippen LogP contribution in [0.4, 0.5) is 5.82 Å². The number of anilines is 1. The van der Waals surface area contributed by atoms with Gasteiger partial charge in [0.25, 0.3) is 0 Å². The summed E-state index contributed by atoms with van der Waals surface area (Å²) in [5.41, 5.74) is 1.71. The summed E-state index contributed by atoms with van der Waals surface area (Å²) in [6, 6.07) is 12.6. The molecule has 0 saturated heterocycles. The second kappa shape index (κ2) is 7.67. The molecule has 0 saturated carbocycles. The van der Waals surface area contributed by atoms with Crippen LogP contribution in [0.3, 0.4) is 0 Å². The van der Waals surface area contributed by atoms with Gasteiger partial charge in [0.05, 0.1) is 17.4 Å². The van der Waals surface area contributed by atoms with Crippen LogP contribution in [0.15, 0.2) is 42.6 Å². The van der Waals surface area contributed by atoms with E-state index in [0.29, 0.717) is 27.9 Å². The Hall–Kier alpha value is -2.03. The number of amides is 1. The first-order valence-electron chi connectivity index (χ1n) is 6.15. The second-order valence-corrected chi connectivity index (χ2v) is 5.63. The number of benzene rings is 1. The molecule has 2 rings (SSSR count). The van der Waals surface area contributed by atoms with Crippen LogP contribution in [0, 0.1) is 11.3 Å². The standard InChI is InChI=1S/C15H12ClN3OS/c16-13-5-6-18-14(7-13)19-15(20)10-21-9-12-3-1-11(8-17)2-4-12/h1-7H,9-10H2,(H,18,19,20). The topological polar surface area (TPSA) is 65.8 Å². The molecule has 0 spiro atoms. The summed E-state index contributed by atoms with van der Waals surface area (Å²) in [4.78, 5) is 15.8. The van der Waals surface area contributed by atoms with Crippen LogP contribution >= 0.6 is 23.4 Å². The van der Waals surface area contributed by atoms with E-state index in [4.69, 9.17) is 16.9 Å². The first-order chi connectivity index (χ1) is 10.2. The number of nitrogens with zero attached hydrogens (tertiary/aromatic N) is 2. The highest BCUT2D eigenvalue weighted by Gasteiger charge is 2.04. The van der Waals surface area contributed by atoms with E-state index < -0.39 is 0 Å². The third kappa shape index (κ3) is 5.10. The molecule has 1 aromatic carbocycles. The molecule has 0 unspecified atom stereocenters. The van der Waals surface area contributed by atoms with Crippen LogP contribution in [0.2, 0.25) is 5.02 Å². The molecule has 0 fully saturated rings. The number of thioether (sulfide) groups is 1. The Morgan fingerprint density at radius 2 is 2.10 bits per heavy atom. The van der Waals surface area contributed by atoms with E-state index in [1.807, 2.05) is 12.1 Å². The maximum absolute atomic E-state index is 11.8. The first-order valence-corrected chi connectivity index (χ1v) is 7.69. The molecular formula is C15H12ClN3OS. The van der Waals surface area contributed by atoms with Gasteiger partial charge in [-0.05, 0) is 29.8 Å². The van der Waals surface area contributed by atoms with E-state index in [-0.39, 0.29) is 5.91 Å². The smallest absolute Gasteiger partial charge is 0.235 e. The van der Waals surface area contributed by atoms with Crippen molar-refractivity contribution in [3.05, 3.63) is 58.7 Å². The van der Waals surface area contributed by atoms with Crippen molar-refractivity contribution in [2.45, 2.75) is 5.75 Å². The number of carbonyl (C=O) groups is 1. The quantitative estimate of drug-likeness (QED) is 0.917. The van der Waals surface area contributed by atoms with Gasteiger partial charge in [0.15, 0.2) is 0 Å².